The standard InChI is InChI=1S/C12H17N3O6/c1-3-20-12(16)4-8(9-6-19-11(12)21-9)14-5-10(15(17)18)13-7(14)2/h5,8-9,11,16H,3-4,6H2,1-2H3/t8-,9+,11+,12?/m0/s1. The van der Waals surface area contributed by atoms with Gasteiger partial charge in [0.2, 0.25) is 17.9 Å². The molecular weight excluding hydrogens is 282 g/mol. The number of aliphatic hydroxyl groups is 1. The molecule has 9 nitrogen and oxygen atoms in total. The average molecular weight is 299 g/mol. The van der Waals surface area contributed by atoms with Crippen LogP contribution in [0.4, 0.5) is 5.82 Å². The molecule has 2 aliphatic rings. The third-order valence-electron chi connectivity index (χ3n) is 3.85. The summed E-state index contributed by atoms with van der Waals surface area (Å²) in [7, 11) is 0. The zero-order chi connectivity index (χ0) is 15.2. The van der Waals surface area contributed by atoms with Gasteiger partial charge >= 0.3 is 5.82 Å². The van der Waals surface area contributed by atoms with Crippen LogP contribution in [-0.2, 0) is 14.2 Å². The molecule has 9 heteroatoms. The molecule has 2 bridgehead atoms. The van der Waals surface area contributed by atoms with Crippen molar-refractivity contribution in [1.82, 2.24) is 9.55 Å². The third kappa shape index (κ3) is 2.31. The normalized spacial score (nSPS) is 35.1. The number of ether oxygens (including phenoxy) is 3. The van der Waals surface area contributed by atoms with Crippen molar-refractivity contribution in [2.45, 2.75) is 44.5 Å². The molecule has 0 aliphatic carbocycles. The summed E-state index contributed by atoms with van der Waals surface area (Å²) in [5, 5.41) is 21.4. The molecule has 0 saturated carbocycles. The highest BCUT2D eigenvalue weighted by atomic mass is 16.8. The van der Waals surface area contributed by atoms with Crippen LogP contribution >= 0.6 is 0 Å². The first-order chi connectivity index (χ1) is 9.94. The average Bonchev–Trinajstić information content (AvgIpc) is 3.01. The molecular formula is C12H17N3O6. The van der Waals surface area contributed by atoms with E-state index in [0.717, 1.165) is 0 Å². The van der Waals surface area contributed by atoms with Crippen molar-refractivity contribution in [2.75, 3.05) is 13.2 Å². The van der Waals surface area contributed by atoms with Crippen LogP contribution in [0.1, 0.15) is 25.2 Å². The molecule has 2 fully saturated rings. The first-order valence-electron chi connectivity index (χ1n) is 6.78. The second kappa shape index (κ2) is 5.02. The molecule has 116 valence electrons. The minimum absolute atomic E-state index is 0.227. The Bertz CT molecular complexity index is 561. The van der Waals surface area contributed by atoms with E-state index in [-0.39, 0.29) is 24.4 Å². The van der Waals surface area contributed by atoms with E-state index in [1.807, 2.05) is 0 Å². The van der Waals surface area contributed by atoms with E-state index >= 15 is 0 Å². The van der Waals surface area contributed by atoms with E-state index < -0.39 is 17.0 Å². The Balaban J connectivity index is 1.92. The van der Waals surface area contributed by atoms with E-state index in [2.05, 4.69) is 4.98 Å². The molecule has 3 rings (SSSR count). The molecule has 1 aromatic heterocycles. The Kier molecular flexibility index (Phi) is 3.44. The minimum atomic E-state index is -1.56. The van der Waals surface area contributed by atoms with Gasteiger partial charge in [-0.25, -0.2) is 0 Å². The monoisotopic (exact) mass is 299 g/mol. The molecule has 21 heavy (non-hydrogen) atoms. The predicted octanol–water partition coefficient (Wildman–Crippen LogP) is 0.511. The molecule has 1 aromatic rings. The maximum absolute atomic E-state index is 10.8. The number of fused-ring (bicyclic) bond motifs is 2. The Labute approximate surface area is 120 Å². The van der Waals surface area contributed by atoms with Crippen molar-refractivity contribution < 1.29 is 24.2 Å². The molecule has 1 unspecified atom stereocenters. The van der Waals surface area contributed by atoms with E-state index in [1.165, 1.54) is 6.20 Å². The van der Waals surface area contributed by atoms with Crippen LogP contribution < -0.4 is 0 Å². The van der Waals surface area contributed by atoms with Gasteiger partial charge in [-0.2, -0.15) is 0 Å². The van der Waals surface area contributed by atoms with Gasteiger partial charge < -0.3 is 34.0 Å². The van der Waals surface area contributed by atoms with Gasteiger partial charge in [-0.15, -0.1) is 0 Å². The first kappa shape index (κ1) is 14.4. The fraction of sp³-hybridized carbons (Fsp3) is 0.750. The third-order valence-corrected chi connectivity index (χ3v) is 3.85. The molecule has 1 N–H and O–H groups in total. The van der Waals surface area contributed by atoms with E-state index in [9.17, 15) is 15.2 Å². The van der Waals surface area contributed by atoms with E-state index in [0.29, 0.717) is 19.0 Å². The molecule has 0 spiro atoms. The number of hydrogen-bond donors (Lipinski definition) is 1. The molecule has 0 radical (unpaired) electrons. The molecule has 4 atom stereocenters. The number of nitrogens with zero attached hydrogens (tertiary/aromatic N) is 3. The quantitative estimate of drug-likeness (QED) is 0.490. The van der Waals surface area contributed by atoms with E-state index in [1.54, 1.807) is 18.4 Å². The lowest BCUT2D eigenvalue weighted by Crippen LogP contribution is -2.52. The fourth-order valence-electron chi connectivity index (χ4n) is 2.93. The van der Waals surface area contributed by atoms with Crippen LogP contribution in [0.5, 0.6) is 0 Å². The van der Waals surface area contributed by atoms with Crippen LogP contribution in [0.15, 0.2) is 6.20 Å². The summed E-state index contributed by atoms with van der Waals surface area (Å²) in [4.78, 5) is 14.2. The van der Waals surface area contributed by atoms with Gasteiger partial charge in [-0.3, -0.25) is 0 Å². The SMILES string of the molecule is CCOC1(O)C[C@H](n2cc([N+](=O)[O-])nc2C)[C@H]2CO[C@@H]1O2. The van der Waals surface area contributed by atoms with Gasteiger partial charge in [-0.1, -0.05) is 0 Å². The Morgan fingerprint density at radius 2 is 2.48 bits per heavy atom. The summed E-state index contributed by atoms with van der Waals surface area (Å²) in [5.74, 6) is -1.30. The lowest BCUT2D eigenvalue weighted by Gasteiger charge is -2.39. The van der Waals surface area contributed by atoms with Crippen LogP contribution in [0.25, 0.3) is 0 Å². The van der Waals surface area contributed by atoms with Gasteiger partial charge in [0.1, 0.15) is 12.3 Å². The second-order valence-electron chi connectivity index (χ2n) is 5.20. The Hall–Kier alpha value is -1.55. The van der Waals surface area contributed by atoms with E-state index in [4.69, 9.17) is 14.2 Å². The highest BCUT2D eigenvalue weighted by molar-refractivity contribution is 5.18. The summed E-state index contributed by atoms with van der Waals surface area (Å²) < 4.78 is 18.1. The number of aromatic nitrogens is 2. The van der Waals surface area contributed by atoms with Crippen molar-refractivity contribution in [2.24, 2.45) is 0 Å². The van der Waals surface area contributed by atoms with Crippen molar-refractivity contribution >= 4 is 5.82 Å². The molecule has 2 saturated heterocycles. The summed E-state index contributed by atoms with van der Waals surface area (Å²) in [6, 6.07) is -0.332. The summed E-state index contributed by atoms with van der Waals surface area (Å²) in [6.45, 7) is 4.05. The topological polar surface area (TPSA) is 109 Å². The Morgan fingerprint density at radius 3 is 3.10 bits per heavy atom. The van der Waals surface area contributed by atoms with Crippen LogP contribution in [-0.4, -0.2) is 51.0 Å². The predicted molar refractivity (Wildman–Crippen MR) is 68.5 cm³/mol. The number of imidazole rings is 1. The van der Waals surface area contributed by atoms with Crippen LogP contribution in [0.3, 0.4) is 0 Å². The zero-order valence-corrected chi connectivity index (χ0v) is 11.8. The summed E-state index contributed by atoms with van der Waals surface area (Å²) >= 11 is 0. The highest BCUT2D eigenvalue weighted by Crippen LogP contribution is 2.42. The maximum atomic E-state index is 10.8. The van der Waals surface area contributed by atoms with Crippen LogP contribution in [0.2, 0.25) is 0 Å². The molecule has 2 aliphatic heterocycles. The first-order valence-corrected chi connectivity index (χ1v) is 6.78. The van der Waals surface area contributed by atoms with Gasteiger partial charge in [0.05, 0.1) is 12.6 Å². The van der Waals surface area contributed by atoms with Gasteiger partial charge in [0.25, 0.3) is 0 Å². The van der Waals surface area contributed by atoms with Crippen molar-refractivity contribution in [3.8, 4) is 0 Å². The Morgan fingerprint density at radius 1 is 1.71 bits per heavy atom. The largest absolute Gasteiger partial charge is 0.381 e. The number of nitro groups is 1. The van der Waals surface area contributed by atoms with Crippen molar-refractivity contribution in [3.05, 3.63) is 22.1 Å². The molecule has 0 amide bonds. The smallest absolute Gasteiger partial charge is 0.361 e. The zero-order valence-electron chi connectivity index (χ0n) is 11.8. The molecule has 3 heterocycles. The lowest BCUT2D eigenvalue weighted by atomic mass is 9.98. The van der Waals surface area contributed by atoms with Gasteiger partial charge in [0, 0.05) is 20.0 Å². The summed E-state index contributed by atoms with van der Waals surface area (Å²) in [6.07, 6.45) is 0.472. The van der Waals surface area contributed by atoms with Crippen molar-refractivity contribution in [1.29, 1.82) is 0 Å². The minimum Gasteiger partial charge on any atom is -0.361 e. The van der Waals surface area contributed by atoms with Crippen molar-refractivity contribution in [3.63, 3.8) is 0 Å². The molecule has 0 aromatic carbocycles. The number of hydrogen-bond acceptors (Lipinski definition) is 7. The highest BCUT2D eigenvalue weighted by Gasteiger charge is 2.55. The summed E-state index contributed by atoms with van der Waals surface area (Å²) in [5.41, 5.74) is 0. The van der Waals surface area contributed by atoms with Crippen LogP contribution in [0, 0.1) is 17.0 Å². The number of aryl methyl sites for hydroxylation is 1. The maximum Gasteiger partial charge on any atom is 0.381 e. The second-order valence-corrected chi connectivity index (χ2v) is 5.20. The number of rotatable bonds is 4. The lowest BCUT2D eigenvalue weighted by molar-refractivity contribution is -0.389. The van der Waals surface area contributed by atoms with Gasteiger partial charge in [0.15, 0.2) is 0 Å². The van der Waals surface area contributed by atoms with Gasteiger partial charge in [-0.05, 0) is 16.8 Å². The fourth-order valence-corrected chi connectivity index (χ4v) is 2.93.